The maximum atomic E-state index is 12.4. The Labute approximate surface area is 178 Å². The molecular weight excluding hydrogens is 388 g/mol. The van der Waals surface area contributed by atoms with E-state index in [-0.39, 0.29) is 19.4 Å². The van der Waals surface area contributed by atoms with Crippen molar-refractivity contribution in [3.8, 4) is 0 Å². The average Bonchev–Trinajstić information content (AvgIpc) is 2.58. The predicted octanol–water partition coefficient (Wildman–Crippen LogP) is 2.33. The predicted molar refractivity (Wildman–Crippen MR) is 113 cm³/mol. The normalized spacial score (nSPS) is 13.7. The summed E-state index contributed by atoms with van der Waals surface area (Å²) in [5.74, 6) is -1.15. The van der Waals surface area contributed by atoms with Crippen LogP contribution >= 0.6 is 0 Å². The molecule has 2 atom stereocenters. The fourth-order valence-electron chi connectivity index (χ4n) is 2.54. The summed E-state index contributed by atoms with van der Waals surface area (Å²) in [5, 5.41) is 15.6. The van der Waals surface area contributed by atoms with Crippen LogP contribution in [0.1, 0.15) is 53.5 Å². The zero-order chi connectivity index (χ0) is 22.9. The van der Waals surface area contributed by atoms with E-state index in [1.54, 1.807) is 41.5 Å². The minimum Gasteiger partial charge on any atom is -0.460 e. The van der Waals surface area contributed by atoms with E-state index in [0.29, 0.717) is 0 Å². The van der Waals surface area contributed by atoms with Crippen LogP contribution in [0.2, 0.25) is 0 Å². The first-order chi connectivity index (χ1) is 13.8. The molecule has 0 spiro atoms. The Morgan fingerprint density at radius 3 is 2.07 bits per heavy atom. The highest BCUT2D eigenvalue weighted by Gasteiger charge is 2.29. The summed E-state index contributed by atoms with van der Waals surface area (Å²) in [6.07, 6.45) is -2.07. The molecule has 0 aromatic heterocycles. The maximum Gasteiger partial charge on any atom is 0.407 e. The molecule has 0 bridgehead atoms. The van der Waals surface area contributed by atoms with Gasteiger partial charge in [-0.2, -0.15) is 0 Å². The third kappa shape index (κ3) is 10.8. The highest BCUT2D eigenvalue weighted by molar-refractivity contribution is 5.82. The van der Waals surface area contributed by atoms with Crippen molar-refractivity contribution >= 4 is 18.0 Å². The molecule has 1 aromatic rings. The molecule has 30 heavy (non-hydrogen) atoms. The van der Waals surface area contributed by atoms with Gasteiger partial charge in [0.1, 0.15) is 11.2 Å². The second kappa shape index (κ2) is 11.0. The number of amides is 2. The van der Waals surface area contributed by atoms with Crippen LogP contribution in [0.4, 0.5) is 4.79 Å². The lowest BCUT2D eigenvalue weighted by molar-refractivity contribution is -0.154. The highest BCUT2D eigenvalue weighted by atomic mass is 16.6. The second-order valence-corrected chi connectivity index (χ2v) is 9.01. The summed E-state index contributed by atoms with van der Waals surface area (Å²) < 4.78 is 10.4. The number of rotatable bonds is 8. The summed E-state index contributed by atoms with van der Waals surface area (Å²) in [4.78, 5) is 36.3. The van der Waals surface area contributed by atoms with Crippen LogP contribution in [0.3, 0.4) is 0 Å². The molecule has 0 heterocycles. The third-order valence-electron chi connectivity index (χ3n) is 3.70. The lowest BCUT2D eigenvalue weighted by Gasteiger charge is -2.26. The van der Waals surface area contributed by atoms with E-state index in [4.69, 9.17) is 9.47 Å². The molecule has 0 radical (unpaired) electrons. The quantitative estimate of drug-likeness (QED) is 0.554. The Kier molecular flexibility index (Phi) is 9.29. The van der Waals surface area contributed by atoms with Gasteiger partial charge >= 0.3 is 12.1 Å². The number of aliphatic hydroxyl groups is 1. The topological polar surface area (TPSA) is 114 Å². The molecule has 8 nitrogen and oxygen atoms in total. The number of alkyl carbamates (subject to hydrolysis) is 1. The number of esters is 1. The van der Waals surface area contributed by atoms with Crippen molar-refractivity contribution in [2.24, 2.45) is 0 Å². The number of hydrogen-bond acceptors (Lipinski definition) is 6. The highest BCUT2D eigenvalue weighted by Crippen LogP contribution is 2.11. The molecule has 2 amide bonds. The first-order valence-electron chi connectivity index (χ1n) is 9.98. The van der Waals surface area contributed by atoms with Crippen LogP contribution in [0.5, 0.6) is 0 Å². The molecule has 0 aliphatic heterocycles. The Morgan fingerprint density at radius 1 is 0.967 bits per heavy atom. The fraction of sp³-hybridized carbons (Fsp3) is 0.591. The Hall–Kier alpha value is -2.61. The van der Waals surface area contributed by atoms with E-state index in [0.717, 1.165) is 5.56 Å². The second-order valence-electron chi connectivity index (χ2n) is 9.01. The first kappa shape index (κ1) is 25.4. The number of nitrogens with one attached hydrogen (secondary N) is 2. The Balaban J connectivity index is 2.72. The van der Waals surface area contributed by atoms with Crippen molar-refractivity contribution in [2.75, 3.05) is 6.54 Å². The van der Waals surface area contributed by atoms with E-state index < -0.39 is 41.3 Å². The van der Waals surface area contributed by atoms with Crippen LogP contribution in [0, 0.1) is 0 Å². The van der Waals surface area contributed by atoms with Gasteiger partial charge in [-0.05, 0) is 53.5 Å². The third-order valence-corrected chi connectivity index (χ3v) is 3.70. The molecule has 168 valence electrons. The number of carbonyl (C=O) groups excluding carboxylic acids is 3. The van der Waals surface area contributed by atoms with Crippen LogP contribution in [0.25, 0.3) is 0 Å². The van der Waals surface area contributed by atoms with Crippen LogP contribution < -0.4 is 10.6 Å². The van der Waals surface area contributed by atoms with Crippen molar-refractivity contribution < 1.29 is 29.0 Å². The molecule has 0 aliphatic carbocycles. The monoisotopic (exact) mass is 422 g/mol. The van der Waals surface area contributed by atoms with Gasteiger partial charge in [0.05, 0.1) is 12.5 Å². The Morgan fingerprint density at radius 2 is 1.53 bits per heavy atom. The number of hydrogen-bond donors (Lipinski definition) is 3. The summed E-state index contributed by atoms with van der Waals surface area (Å²) in [6.45, 7) is 10.4. The van der Waals surface area contributed by atoms with Crippen LogP contribution in [-0.4, -0.2) is 53.0 Å². The van der Waals surface area contributed by atoms with Gasteiger partial charge in [0.15, 0.2) is 6.10 Å². The summed E-state index contributed by atoms with van der Waals surface area (Å²) in [7, 11) is 0. The van der Waals surface area contributed by atoms with Crippen LogP contribution in [0.15, 0.2) is 30.3 Å². The molecule has 0 aliphatic rings. The minimum atomic E-state index is -1.53. The van der Waals surface area contributed by atoms with E-state index >= 15 is 0 Å². The van der Waals surface area contributed by atoms with Gasteiger partial charge in [-0.25, -0.2) is 4.79 Å². The van der Waals surface area contributed by atoms with Gasteiger partial charge in [0.25, 0.3) is 5.91 Å². The smallest absolute Gasteiger partial charge is 0.407 e. The molecule has 3 N–H and O–H groups in total. The molecule has 0 saturated carbocycles. The van der Waals surface area contributed by atoms with E-state index in [2.05, 4.69) is 10.6 Å². The summed E-state index contributed by atoms with van der Waals surface area (Å²) >= 11 is 0. The zero-order valence-corrected chi connectivity index (χ0v) is 18.7. The number of benzene rings is 1. The van der Waals surface area contributed by atoms with E-state index in [9.17, 15) is 19.5 Å². The lowest BCUT2D eigenvalue weighted by Crippen LogP contribution is -2.52. The van der Waals surface area contributed by atoms with Crippen molar-refractivity contribution in [1.82, 2.24) is 10.6 Å². The van der Waals surface area contributed by atoms with Crippen molar-refractivity contribution in [3.05, 3.63) is 35.9 Å². The van der Waals surface area contributed by atoms with Gasteiger partial charge in [0, 0.05) is 6.54 Å². The molecule has 0 unspecified atom stereocenters. The van der Waals surface area contributed by atoms with E-state index in [1.807, 2.05) is 30.3 Å². The van der Waals surface area contributed by atoms with Gasteiger partial charge in [-0.15, -0.1) is 0 Å². The van der Waals surface area contributed by atoms with Gasteiger partial charge in [-0.1, -0.05) is 30.3 Å². The summed E-state index contributed by atoms with van der Waals surface area (Å²) in [5.41, 5.74) is -0.500. The zero-order valence-electron chi connectivity index (χ0n) is 18.7. The molecule has 0 fully saturated rings. The minimum absolute atomic E-state index is 0.00923. The molecule has 8 heteroatoms. The number of carbonyl (C=O) groups is 3. The average molecular weight is 423 g/mol. The van der Waals surface area contributed by atoms with Gasteiger partial charge in [-0.3, -0.25) is 9.59 Å². The number of aliphatic hydroxyl groups excluding tert-OH is 1. The first-order valence-corrected chi connectivity index (χ1v) is 9.98. The molecule has 1 aromatic carbocycles. The van der Waals surface area contributed by atoms with E-state index in [1.165, 1.54) is 0 Å². The molecule has 1 rings (SSSR count). The van der Waals surface area contributed by atoms with Crippen LogP contribution in [-0.2, 0) is 25.5 Å². The van der Waals surface area contributed by atoms with Gasteiger partial charge < -0.3 is 25.2 Å². The maximum absolute atomic E-state index is 12.4. The van der Waals surface area contributed by atoms with Crippen molar-refractivity contribution in [3.63, 3.8) is 0 Å². The summed E-state index contributed by atoms with van der Waals surface area (Å²) in [6, 6.07) is 8.25. The standard InChI is InChI=1S/C22H34N2O6/c1-21(2,3)29-17(25)12-13-23-19(27)18(26)16(14-15-10-8-7-9-11-15)24-20(28)30-22(4,5)6/h7-11,16,18,26H,12-14H2,1-6H3,(H,23,27)(H,24,28)/t16-,18-/m0/s1. The van der Waals surface area contributed by atoms with Gasteiger partial charge in [0.2, 0.25) is 0 Å². The SMILES string of the molecule is CC(C)(C)OC(=O)CCNC(=O)[C@@H](O)[C@H](Cc1ccccc1)NC(=O)OC(C)(C)C. The Bertz CT molecular complexity index is 707. The van der Waals surface area contributed by atoms with Crippen molar-refractivity contribution in [2.45, 2.75) is 77.7 Å². The lowest BCUT2D eigenvalue weighted by atomic mass is 10.0. The fourth-order valence-corrected chi connectivity index (χ4v) is 2.54. The molecular formula is C22H34N2O6. The van der Waals surface area contributed by atoms with Crippen molar-refractivity contribution in [1.29, 1.82) is 0 Å². The molecule has 0 saturated heterocycles. The number of ether oxygens (including phenoxy) is 2. The largest absolute Gasteiger partial charge is 0.460 e.